The number of nitrogens with zero attached hydrogens (tertiary/aromatic N) is 1. The number of benzene rings is 1. The second kappa shape index (κ2) is 7.08. The molecule has 1 unspecified atom stereocenters. The van der Waals surface area contributed by atoms with Crippen LogP contribution in [-0.2, 0) is 6.54 Å². The molecule has 1 aliphatic heterocycles. The lowest BCUT2D eigenvalue weighted by Gasteiger charge is -2.50. The van der Waals surface area contributed by atoms with Gasteiger partial charge in [-0.3, -0.25) is 4.90 Å². The number of hydrogen-bond donors (Lipinski definition) is 1. The third kappa shape index (κ3) is 3.58. The molecule has 0 spiro atoms. The first kappa shape index (κ1) is 16.7. The lowest BCUT2D eigenvalue weighted by atomic mass is 9.86. The number of hydrogen-bond acceptors (Lipinski definition) is 2. The molecule has 2 rings (SSSR count). The monoisotopic (exact) mass is 312 g/mol. The average molecular weight is 313 g/mol. The summed E-state index contributed by atoms with van der Waals surface area (Å²) in [5.74, 6) is -0.213. The van der Waals surface area contributed by atoms with E-state index in [1.807, 2.05) is 0 Å². The largest absolute Gasteiger partial charge is 0.311 e. The standard InChI is InChI=1S/C17H26ClFN2/c1-4-15-11-21(17(5-2,6-3)12-20-15)10-13-9-14(19)7-8-16(13)18/h7-9,15,20H,4-6,10-12H2,1-3H3. The lowest BCUT2D eigenvalue weighted by molar-refractivity contribution is 0.0237. The van der Waals surface area contributed by atoms with Gasteiger partial charge in [-0.1, -0.05) is 32.4 Å². The van der Waals surface area contributed by atoms with Crippen molar-refractivity contribution >= 4 is 11.6 Å². The van der Waals surface area contributed by atoms with Crippen molar-refractivity contribution in [3.05, 3.63) is 34.6 Å². The first-order valence-electron chi connectivity index (χ1n) is 7.97. The maximum absolute atomic E-state index is 13.5. The van der Waals surface area contributed by atoms with E-state index in [-0.39, 0.29) is 11.4 Å². The van der Waals surface area contributed by atoms with E-state index in [0.717, 1.165) is 44.5 Å². The molecule has 1 fully saturated rings. The van der Waals surface area contributed by atoms with Crippen LogP contribution in [0.15, 0.2) is 18.2 Å². The smallest absolute Gasteiger partial charge is 0.123 e. The van der Waals surface area contributed by atoms with Crippen LogP contribution in [0, 0.1) is 5.82 Å². The number of piperazine rings is 1. The van der Waals surface area contributed by atoms with Crippen molar-refractivity contribution in [1.29, 1.82) is 0 Å². The molecule has 0 aromatic heterocycles. The van der Waals surface area contributed by atoms with Crippen LogP contribution in [-0.4, -0.2) is 29.6 Å². The van der Waals surface area contributed by atoms with Gasteiger partial charge in [0, 0.05) is 36.2 Å². The molecule has 1 aliphatic rings. The molecule has 1 atom stereocenters. The van der Waals surface area contributed by atoms with Crippen LogP contribution in [0.5, 0.6) is 0 Å². The predicted molar refractivity (Wildman–Crippen MR) is 87.2 cm³/mol. The van der Waals surface area contributed by atoms with Crippen LogP contribution in [0.4, 0.5) is 4.39 Å². The molecular formula is C17H26ClFN2. The van der Waals surface area contributed by atoms with Crippen LogP contribution in [0.25, 0.3) is 0 Å². The van der Waals surface area contributed by atoms with Crippen LogP contribution in [0.2, 0.25) is 5.02 Å². The van der Waals surface area contributed by atoms with Gasteiger partial charge in [-0.15, -0.1) is 0 Å². The quantitative estimate of drug-likeness (QED) is 0.875. The number of nitrogens with one attached hydrogen (secondary N) is 1. The van der Waals surface area contributed by atoms with E-state index in [4.69, 9.17) is 11.6 Å². The lowest BCUT2D eigenvalue weighted by Crippen LogP contribution is -2.63. The Kier molecular flexibility index (Phi) is 5.64. The Labute approximate surface area is 132 Å². The topological polar surface area (TPSA) is 15.3 Å². The molecule has 2 nitrogen and oxygen atoms in total. The second-order valence-corrected chi connectivity index (χ2v) is 6.44. The van der Waals surface area contributed by atoms with Gasteiger partial charge in [0.25, 0.3) is 0 Å². The zero-order valence-corrected chi connectivity index (χ0v) is 14.0. The molecule has 0 amide bonds. The summed E-state index contributed by atoms with van der Waals surface area (Å²) in [6, 6.07) is 5.15. The molecule has 0 radical (unpaired) electrons. The Balaban J connectivity index is 2.25. The third-order valence-electron chi connectivity index (χ3n) is 5.01. The van der Waals surface area contributed by atoms with Crippen molar-refractivity contribution in [1.82, 2.24) is 10.2 Å². The Bertz CT molecular complexity index is 474. The number of halogens is 2. The van der Waals surface area contributed by atoms with Crippen molar-refractivity contribution < 1.29 is 4.39 Å². The van der Waals surface area contributed by atoms with E-state index in [1.165, 1.54) is 6.07 Å². The van der Waals surface area contributed by atoms with Crippen molar-refractivity contribution in [2.45, 2.75) is 58.2 Å². The average Bonchev–Trinajstić information content (AvgIpc) is 2.51. The highest BCUT2D eigenvalue weighted by Crippen LogP contribution is 2.31. The van der Waals surface area contributed by atoms with Gasteiger partial charge in [0.15, 0.2) is 0 Å². The van der Waals surface area contributed by atoms with Gasteiger partial charge in [0.2, 0.25) is 0 Å². The first-order chi connectivity index (χ1) is 10.0. The van der Waals surface area contributed by atoms with Crippen molar-refractivity contribution in [2.75, 3.05) is 13.1 Å². The maximum Gasteiger partial charge on any atom is 0.123 e. The molecular weight excluding hydrogens is 287 g/mol. The molecule has 21 heavy (non-hydrogen) atoms. The third-order valence-corrected chi connectivity index (χ3v) is 5.38. The van der Waals surface area contributed by atoms with Gasteiger partial charge in [0.1, 0.15) is 5.82 Å². The van der Waals surface area contributed by atoms with E-state index in [0.29, 0.717) is 11.1 Å². The fraction of sp³-hybridized carbons (Fsp3) is 0.647. The Hall–Kier alpha value is -0.640. The highest BCUT2D eigenvalue weighted by atomic mass is 35.5. The molecule has 1 heterocycles. The van der Waals surface area contributed by atoms with Crippen LogP contribution >= 0.6 is 11.6 Å². The van der Waals surface area contributed by atoms with Crippen LogP contribution in [0.3, 0.4) is 0 Å². The molecule has 0 bridgehead atoms. The van der Waals surface area contributed by atoms with Crippen molar-refractivity contribution in [3.8, 4) is 0 Å². The summed E-state index contributed by atoms with van der Waals surface area (Å²) in [6.45, 7) is 9.37. The minimum absolute atomic E-state index is 0.140. The van der Waals surface area contributed by atoms with Gasteiger partial charge in [-0.25, -0.2) is 4.39 Å². The Morgan fingerprint density at radius 2 is 2.05 bits per heavy atom. The molecule has 4 heteroatoms. The van der Waals surface area contributed by atoms with Crippen LogP contribution < -0.4 is 5.32 Å². The highest BCUT2D eigenvalue weighted by Gasteiger charge is 2.38. The summed E-state index contributed by atoms with van der Waals surface area (Å²) < 4.78 is 13.5. The summed E-state index contributed by atoms with van der Waals surface area (Å²) >= 11 is 6.26. The van der Waals surface area contributed by atoms with Gasteiger partial charge in [-0.2, -0.15) is 0 Å². The fourth-order valence-corrected chi connectivity index (χ4v) is 3.47. The predicted octanol–water partition coefficient (Wildman–Crippen LogP) is 4.22. The van der Waals surface area contributed by atoms with Gasteiger partial charge < -0.3 is 5.32 Å². The molecule has 118 valence electrons. The molecule has 1 N–H and O–H groups in total. The Morgan fingerprint density at radius 3 is 2.67 bits per heavy atom. The minimum atomic E-state index is -0.213. The summed E-state index contributed by atoms with van der Waals surface area (Å²) in [7, 11) is 0. The Morgan fingerprint density at radius 1 is 1.33 bits per heavy atom. The second-order valence-electron chi connectivity index (χ2n) is 6.03. The fourth-order valence-electron chi connectivity index (χ4n) is 3.29. The van der Waals surface area contributed by atoms with Crippen molar-refractivity contribution in [3.63, 3.8) is 0 Å². The summed E-state index contributed by atoms with van der Waals surface area (Å²) in [5, 5.41) is 4.31. The molecule has 1 saturated heterocycles. The van der Waals surface area contributed by atoms with Gasteiger partial charge in [-0.05, 0) is 43.0 Å². The summed E-state index contributed by atoms with van der Waals surface area (Å²) in [5.41, 5.74) is 1.03. The van der Waals surface area contributed by atoms with E-state index in [2.05, 4.69) is 31.0 Å². The molecule has 0 saturated carbocycles. The first-order valence-corrected chi connectivity index (χ1v) is 8.34. The van der Waals surface area contributed by atoms with Gasteiger partial charge in [0.05, 0.1) is 0 Å². The molecule has 0 aliphatic carbocycles. The van der Waals surface area contributed by atoms with E-state index in [9.17, 15) is 4.39 Å². The normalized spacial score (nSPS) is 22.4. The van der Waals surface area contributed by atoms with E-state index in [1.54, 1.807) is 12.1 Å². The van der Waals surface area contributed by atoms with E-state index < -0.39 is 0 Å². The van der Waals surface area contributed by atoms with Crippen molar-refractivity contribution in [2.24, 2.45) is 0 Å². The minimum Gasteiger partial charge on any atom is -0.311 e. The summed E-state index contributed by atoms with van der Waals surface area (Å²) in [4.78, 5) is 2.50. The zero-order chi connectivity index (χ0) is 15.5. The molecule has 1 aromatic carbocycles. The SMILES string of the molecule is CCC1CN(Cc2cc(F)ccc2Cl)C(CC)(CC)CN1. The van der Waals surface area contributed by atoms with Crippen LogP contribution in [0.1, 0.15) is 45.6 Å². The zero-order valence-electron chi connectivity index (χ0n) is 13.3. The van der Waals surface area contributed by atoms with E-state index >= 15 is 0 Å². The summed E-state index contributed by atoms with van der Waals surface area (Å²) in [6.07, 6.45) is 3.27. The maximum atomic E-state index is 13.5. The van der Waals surface area contributed by atoms with Gasteiger partial charge >= 0.3 is 0 Å². The number of rotatable bonds is 5. The highest BCUT2D eigenvalue weighted by molar-refractivity contribution is 6.31. The molecule has 1 aromatic rings.